The Balaban J connectivity index is 0. The SMILES string of the molecule is COCCCC[Si](C)C.F. The van der Waals surface area contributed by atoms with Gasteiger partial charge in [0.1, 0.15) is 0 Å². The Hall–Kier alpha value is 0.107. The van der Waals surface area contributed by atoms with E-state index in [1.165, 1.54) is 18.9 Å². The molecule has 0 fully saturated rings. The average Bonchev–Trinajstić information content (AvgIpc) is 1.80. The molecule has 0 spiro atoms. The van der Waals surface area contributed by atoms with Crippen LogP contribution in [0.15, 0.2) is 0 Å². The maximum atomic E-state index is 4.93. The summed E-state index contributed by atoms with van der Waals surface area (Å²) in [6, 6.07) is 1.44. The van der Waals surface area contributed by atoms with E-state index in [1.807, 2.05) is 0 Å². The summed E-state index contributed by atoms with van der Waals surface area (Å²) in [4.78, 5) is 0. The number of hydrogen-bond acceptors (Lipinski definition) is 1. The van der Waals surface area contributed by atoms with Crippen molar-refractivity contribution in [1.82, 2.24) is 0 Å². The Morgan fingerprint density at radius 2 is 1.80 bits per heavy atom. The van der Waals surface area contributed by atoms with Crippen LogP contribution in [0, 0.1) is 0 Å². The predicted octanol–water partition coefficient (Wildman–Crippen LogP) is 2.32. The second kappa shape index (κ2) is 9.11. The van der Waals surface area contributed by atoms with E-state index in [2.05, 4.69) is 13.1 Å². The normalized spacial score (nSPS) is 9.60. The van der Waals surface area contributed by atoms with E-state index in [0.717, 1.165) is 6.61 Å². The van der Waals surface area contributed by atoms with E-state index in [-0.39, 0.29) is 13.5 Å². The summed E-state index contributed by atoms with van der Waals surface area (Å²) in [5.74, 6) is 0. The fourth-order valence-corrected chi connectivity index (χ4v) is 1.68. The summed E-state index contributed by atoms with van der Waals surface area (Å²) in [6.07, 6.45) is 2.60. The summed E-state index contributed by atoms with van der Waals surface area (Å²) >= 11 is 0. The molecule has 0 aliphatic rings. The largest absolute Gasteiger partial charge is 0.385 e. The van der Waals surface area contributed by atoms with E-state index >= 15 is 0 Å². The van der Waals surface area contributed by atoms with Gasteiger partial charge in [-0.25, -0.2) is 0 Å². The van der Waals surface area contributed by atoms with Crippen LogP contribution in [0.2, 0.25) is 19.1 Å². The number of hydrogen-bond donors (Lipinski definition) is 0. The third-order valence-electron chi connectivity index (χ3n) is 1.28. The zero-order valence-corrected chi connectivity index (χ0v) is 8.14. The van der Waals surface area contributed by atoms with Crippen molar-refractivity contribution in [2.24, 2.45) is 0 Å². The maximum absolute atomic E-state index is 4.93. The standard InChI is InChI=1S/C7H17OSi.FH/c1-8-6-4-5-7-9(2)3;/h4-7H2,1-3H3;1H. The Morgan fingerprint density at radius 1 is 1.20 bits per heavy atom. The molecule has 0 aliphatic carbocycles. The molecule has 0 aromatic carbocycles. The van der Waals surface area contributed by atoms with Crippen molar-refractivity contribution in [3.8, 4) is 0 Å². The van der Waals surface area contributed by atoms with E-state index in [9.17, 15) is 0 Å². The fourth-order valence-electron chi connectivity index (χ4n) is 0.725. The number of methoxy groups -OCH3 is 1. The zero-order valence-electron chi connectivity index (χ0n) is 7.14. The molecule has 0 heterocycles. The molecule has 0 bridgehead atoms. The van der Waals surface area contributed by atoms with Gasteiger partial charge in [-0.05, 0) is 6.42 Å². The Kier molecular flexibility index (Phi) is 11.6. The van der Waals surface area contributed by atoms with Crippen molar-refractivity contribution < 1.29 is 9.44 Å². The Bertz CT molecular complexity index is 59.6. The minimum Gasteiger partial charge on any atom is -0.385 e. The maximum Gasteiger partial charge on any atom is 0.0462 e. The molecule has 63 valence electrons. The molecule has 0 aliphatic heterocycles. The first-order valence-electron chi connectivity index (χ1n) is 3.55. The molecule has 0 N–H and O–H groups in total. The fraction of sp³-hybridized carbons (Fsp3) is 1.00. The lowest BCUT2D eigenvalue weighted by Gasteiger charge is -2.00. The highest BCUT2D eigenvalue weighted by atomic mass is 28.3. The van der Waals surface area contributed by atoms with Crippen molar-refractivity contribution in [2.75, 3.05) is 13.7 Å². The first kappa shape index (κ1) is 12.8. The van der Waals surface area contributed by atoms with Crippen molar-refractivity contribution in [3.63, 3.8) is 0 Å². The van der Waals surface area contributed by atoms with Crippen LogP contribution in [-0.4, -0.2) is 22.5 Å². The van der Waals surface area contributed by atoms with Gasteiger partial charge in [-0.2, -0.15) is 0 Å². The monoisotopic (exact) mass is 165 g/mol. The van der Waals surface area contributed by atoms with Crippen molar-refractivity contribution in [3.05, 3.63) is 0 Å². The third kappa shape index (κ3) is 11.0. The molecule has 0 amide bonds. The van der Waals surface area contributed by atoms with E-state index in [1.54, 1.807) is 7.11 Å². The van der Waals surface area contributed by atoms with Gasteiger partial charge in [0, 0.05) is 22.5 Å². The number of unbranched alkanes of at least 4 members (excludes halogenated alkanes) is 1. The molecule has 0 unspecified atom stereocenters. The Labute approximate surface area is 64.7 Å². The minimum atomic E-state index is 0. The molecular weight excluding hydrogens is 147 g/mol. The highest BCUT2D eigenvalue weighted by Crippen LogP contribution is 2.00. The lowest BCUT2D eigenvalue weighted by Crippen LogP contribution is -1.99. The van der Waals surface area contributed by atoms with Gasteiger partial charge in [0.15, 0.2) is 0 Å². The second-order valence-corrected chi connectivity index (χ2v) is 5.57. The second-order valence-electron chi connectivity index (χ2n) is 2.66. The average molecular weight is 165 g/mol. The van der Waals surface area contributed by atoms with Crippen LogP contribution in [0.3, 0.4) is 0 Å². The van der Waals surface area contributed by atoms with Crippen molar-refractivity contribution in [1.29, 1.82) is 0 Å². The van der Waals surface area contributed by atoms with E-state index in [4.69, 9.17) is 4.74 Å². The zero-order chi connectivity index (χ0) is 7.11. The summed E-state index contributed by atoms with van der Waals surface area (Å²) < 4.78 is 4.93. The Morgan fingerprint density at radius 3 is 2.20 bits per heavy atom. The first-order chi connectivity index (χ1) is 4.27. The van der Waals surface area contributed by atoms with Crippen LogP contribution in [0.5, 0.6) is 0 Å². The smallest absolute Gasteiger partial charge is 0.0462 e. The van der Waals surface area contributed by atoms with Gasteiger partial charge in [-0.3, -0.25) is 4.70 Å². The molecule has 1 nitrogen and oxygen atoms in total. The molecule has 0 saturated heterocycles. The van der Waals surface area contributed by atoms with Crippen LogP contribution >= 0.6 is 0 Å². The van der Waals surface area contributed by atoms with Crippen LogP contribution in [0.25, 0.3) is 0 Å². The lowest BCUT2D eigenvalue weighted by atomic mass is 10.4. The van der Waals surface area contributed by atoms with Crippen molar-refractivity contribution in [2.45, 2.75) is 32.0 Å². The molecule has 3 heteroatoms. The summed E-state index contributed by atoms with van der Waals surface area (Å²) in [5.41, 5.74) is 0. The number of halogens is 1. The number of ether oxygens (including phenoxy) is 1. The highest BCUT2D eigenvalue weighted by molar-refractivity contribution is 6.55. The van der Waals surface area contributed by atoms with Gasteiger partial charge in [-0.1, -0.05) is 25.6 Å². The summed E-state index contributed by atoms with van der Waals surface area (Å²) in [6.45, 7) is 5.66. The minimum absolute atomic E-state index is 0. The van der Waals surface area contributed by atoms with Crippen LogP contribution in [0.1, 0.15) is 12.8 Å². The summed E-state index contributed by atoms with van der Waals surface area (Å²) in [7, 11) is 1.80. The lowest BCUT2D eigenvalue weighted by molar-refractivity contribution is 0.194. The number of rotatable bonds is 5. The van der Waals surface area contributed by atoms with Gasteiger partial charge in [0.25, 0.3) is 0 Å². The molecule has 0 aromatic rings. The van der Waals surface area contributed by atoms with Crippen molar-refractivity contribution >= 4 is 8.80 Å². The first-order valence-corrected chi connectivity index (χ1v) is 6.26. The topological polar surface area (TPSA) is 9.23 Å². The van der Waals surface area contributed by atoms with Crippen LogP contribution in [0.4, 0.5) is 4.70 Å². The molecule has 0 aromatic heterocycles. The quantitative estimate of drug-likeness (QED) is 0.449. The van der Waals surface area contributed by atoms with Crippen LogP contribution in [-0.2, 0) is 4.74 Å². The molecule has 0 atom stereocenters. The molecule has 1 radical (unpaired) electrons. The summed E-state index contributed by atoms with van der Waals surface area (Å²) in [5, 5.41) is 0. The highest BCUT2D eigenvalue weighted by Gasteiger charge is 1.93. The predicted molar refractivity (Wildman–Crippen MR) is 45.9 cm³/mol. The van der Waals surface area contributed by atoms with E-state index in [0.29, 0.717) is 0 Å². The third-order valence-corrected chi connectivity index (χ3v) is 2.63. The molecule has 10 heavy (non-hydrogen) atoms. The van der Waals surface area contributed by atoms with Gasteiger partial charge in [-0.15, -0.1) is 0 Å². The molecule has 0 saturated carbocycles. The molecular formula is C7H18FOSi. The van der Waals surface area contributed by atoms with Gasteiger partial charge < -0.3 is 4.74 Å². The van der Waals surface area contributed by atoms with Gasteiger partial charge in [0.05, 0.1) is 0 Å². The van der Waals surface area contributed by atoms with Gasteiger partial charge in [0.2, 0.25) is 0 Å². The van der Waals surface area contributed by atoms with E-state index < -0.39 is 0 Å². The van der Waals surface area contributed by atoms with Crippen LogP contribution < -0.4 is 0 Å². The molecule has 0 rings (SSSR count). The van der Waals surface area contributed by atoms with Gasteiger partial charge >= 0.3 is 0 Å².